The van der Waals surface area contributed by atoms with Crippen LogP contribution < -0.4 is 5.73 Å². The average Bonchev–Trinajstić information content (AvgIpc) is 2.14. The van der Waals surface area contributed by atoms with Crippen molar-refractivity contribution in [1.82, 2.24) is 0 Å². The molecule has 0 radical (unpaired) electrons. The van der Waals surface area contributed by atoms with E-state index in [0.717, 1.165) is 30.3 Å². The van der Waals surface area contributed by atoms with E-state index < -0.39 is 0 Å². The van der Waals surface area contributed by atoms with Crippen LogP contribution in [0.1, 0.15) is 39.0 Å². The van der Waals surface area contributed by atoms with Crippen molar-refractivity contribution in [3.05, 3.63) is 0 Å². The van der Waals surface area contributed by atoms with Gasteiger partial charge in [0.15, 0.2) is 0 Å². The molecule has 0 spiro atoms. The molecule has 1 atom stereocenters. The summed E-state index contributed by atoms with van der Waals surface area (Å²) < 4.78 is 6.06. The molecule has 4 bridgehead atoms. The van der Waals surface area contributed by atoms with Gasteiger partial charge in [0.1, 0.15) is 0 Å². The molecule has 4 rings (SSSR count). The van der Waals surface area contributed by atoms with Crippen molar-refractivity contribution in [2.45, 2.75) is 51.2 Å². The molecule has 2 heteroatoms. The molecule has 2 nitrogen and oxygen atoms in total. The van der Waals surface area contributed by atoms with Gasteiger partial charge in [0, 0.05) is 6.04 Å². The summed E-state index contributed by atoms with van der Waals surface area (Å²) in [6, 6.07) is 0.196. The van der Waals surface area contributed by atoms with Crippen LogP contribution in [0.3, 0.4) is 0 Å². The maximum Gasteiger partial charge on any atom is 0.0632 e. The fourth-order valence-corrected chi connectivity index (χ4v) is 4.41. The Morgan fingerprint density at radius 3 is 2.07 bits per heavy atom. The minimum Gasteiger partial charge on any atom is -0.376 e. The third-order valence-corrected chi connectivity index (χ3v) is 4.69. The molecule has 4 saturated carbocycles. The summed E-state index contributed by atoms with van der Waals surface area (Å²) in [6.45, 7) is 2.79. The molecule has 86 valence electrons. The summed E-state index contributed by atoms with van der Waals surface area (Å²) >= 11 is 0. The van der Waals surface area contributed by atoms with Crippen LogP contribution in [-0.4, -0.2) is 18.8 Å². The molecule has 0 amide bonds. The van der Waals surface area contributed by atoms with Crippen LogP contribution in [0.4, 0.5) is 0 Å². The second-order valence-corrected chi connectivity index (χ2v) is 6.21. The van der Waals surface area contributed by atoms with E-state index in [4.69, 9.17) is 10.5 Å². The van der Waals surface area contributed by atoms with Crippen molar-refractivity contribution in [3.63, 3.8) is 0 Å². The van der Waals surface area contributed by atoms with Gasteiger partial charge in [0.2, 0.25) is 0 Å². The summed E-state index contributed by atoms with van der Waals surface area (Å²) in [6.07, 6.45) is 7.84. The van der Waals surface area contributed by atoms with Crippen LogP contribution in [0.5, 0.6) is 0 Å². The Kier molecular flexibility index (Phi) is 2.52. The van der Waals surface area contributed by atoms with E-state index in [1.54, 1.807) is 0 Å². The van der Waals surface area contributed by atoms with Gasteiger partial charge in [0.25, 0.3) is 0 Å². The number of ether oxygens (including phenoxy) is 1. The molecule has 4 aliphatic rings. The van der Waals surface area contributed by atoms with Gasteiger partial charge >= 0.3 is 0 Å². The Morgan fingerprint density at radius 2 is 1.60 bits per heavy atom. The third-order valence-electron chi connectivity index (χ3n) is 4.69. The van der Waals surface area contributed by atoms with Crippen LogP contribution in [0.2, 0.25) is 0 Å². The Bertz CT molecular complexity index is 211. The molecule has 0 heterocycles. The quantitative estimate of drug-likeness (QED) is 0.773. The smallest absolute Gasteiger partial charge is 0.0632 e. The molecule has 0 aromatic carbocycles. The molecule has 0 aromatic heterocycles. The van der Waals surface area contributed by atoms with Crippen molar-refractivity contribution in [2.24, 2.45) is 29.4 Å². The molecule has 0 aromatic rings. The van der Waals surface area contributed by atoms with Gasteiger partial charge in [-0.25, -0.2) is 0 Å². The van der Waals surface area contributed by atoms with Gasteiger partial charge in [-0.3, -0.25) is 0 Å². The topological polar surface area (TPSA) is 35.2 Å². The lowest BCUT2D eigenvalue weighted by molar-refractivity contribution is -0.127. The second kappa shape index (κ2) is 3.74. The normalized spacial score (nSPS) is 49.6. The van der Waals surface area contributed by atoms with E-state index >= 15 is 0 Å². The first-order chi connectivity index (χ1) is 7.22. The van der Waals surface area contributed by atoms with Crippen LogP contribution >= 0.6 is 0 Å². The highest BCUT2D eigenvalue weighted by Crippen LogP contribution is 2.54. The summed E-state index contributed by atoms with van der Waals surface area (Å²) in [7, 11) is 0. The van der Waals surface area contributed by atoms with Gasteiger partial charge in [-0.05, 0) is 62.7 Å². The average molecular weight is 209 g/mol. The zero-order chi connectivity index (χ0) is 10.4. The first kappa shape index (κ1) is 10.1. The van der Waals surface area contributed by atoms with Gasteiger partial charge in [-0.2, -0.15) is 0 Å². The number of nitrogens with two attached hydrogens (primary N) is 1. The molecule has 4 fully saturated rings. The first-order valence-electron chi connectivity index (χ1n) is 6.59. The van der Waals surface area contributed by atoms with Crippen molar-refractivity contribution >= 4 is 0 Å². The predicted octanol–water partition coefficient (Wildman–Crippen LogP) is 2.17. The number of hydrogen-bond acceptors (Lipinski definition) is 2. The van der Waals surface area contributed by atoms with Crippen molar-refractivity contribution in [3.8, 4) is 0 Å². The van der Waals surface area contributed by atoms with Crippen LogP contribution in [0, 0.1) is 23.7 Å². The summed E-state index contributed by atoms with van der Waals surface area (Å²) in [5.41, 5.74) is 5.77. The van der Waals surface area contributed by atoms with Crippen LogP contribution in [0.15, 0.2) is 0 Å². The van der Waals surface area contributed by atoms with Gasteiger partial charge < -0.3 is 10.5 Å². The van der Waals surface area contributed by atoms with E-state index in [0.29, 0.717) is 6.10 Å². The van der Waals surface area contributed by atoms with Crippen LogP contribution in [0.25, 0.3) is 0 Å². The highest BCUT2D eigenvalue weighted by molar-refractivity contribution is 4.99. The molecule has 0 saturated heterocycles. The third kappa shape index (κ3) is 1.83. The second-order valence-electron chi connectivity index (χ2n) is 6.21. The molecule has 2 N–H and O–H groups in total. The first-order valence-corrected chi connectivity index (χ1v) is 6.59. The SMILES string of the molecule is CC(N)COC1C2CC3CC(C2)CC1C3. The van der Waals surface area contributed by atoms with Crippen molar-refractivity contribution in [1.29, 1.82) is 0 Å². The molecular weight excluding hydrogens is 186 g/mol. The highest BCUT2D eigenvalue weighted by Gasteiger charge is 2.48. The molecule has 15 heavy (non-hydrogen) atoms. The molecular formula is C13H23NO. The summed E-state index contributed by atoms with van der Waals surface area (Å²) in [5, 5.41) is 0. The van der Waals surface area contributed by atoms with Gasteiger partial charge in [0.05, 0.1) is 12.7 Å². The molecule has 0 aliphatic heterocycles. The summed E-state index contributed by atoms with van der Waals surface area (Å²) in [4.78, 5) is 0. The lowest BCUT2D eigenvalue weighted by atomic mass is 9.55. The minimum atomic E-state index is 0.196. The Balaban J connectivity index is 1.64. The Labute approximate surface area is 92.6 Å². The zero-order valence-corrected chi connectivity index (χ0v) is 9.69. The lowest BCUT2D eigenvalue weighted by Gasteiger charge is -2.54. The van der Waals surface area contributed by atoms with E-state index in [2.05, 4.69) is 0 Å². The minimum absolute atomic E-state index is 0.196. The standard InChI is InChI=1S/C13H23NO/c1-8(14)7-15-13-11-3-9-2-10(5-11)6-12(13)4-9/h8-13H,2-7,14H2,1H3. The fourth-order valence-electron chi connectivity index (χ4n) is 4.41. The van der Waals surface area contributed by atoms with Crippen LogP contribution in [-0.2, 0) is 4.74 Å². The van der Waals surface area contributed by atoms with E-state index in [1.807, 2.05) is 6.92 Å². The Hall–Kier alpha value is -0.0800. The zero-order valence-electron chi connectivity index (χ0n) is 9.69. The van der Waals surface area contributed by atoms with E-state index in [9.17, 15) is 0 Å². The van der Waals surface area contributed by atoms with E-state index in [-0.39, 0.29) is 6.04 Å². The monoisotopic (exact) mass is 209 g/mol. The largest absolute Gasteiger partial charge is 0.376 e. The lowest BCUT2D eigenvalue weighted by Crippen LogP contribution is -2.50. The number of rotatable bonds is 3. The maximum atomic E-state index is 6.06. The van der Waals surface area contributed by atoms with Crippen molar-refractivity contribution < 1.29 is 4.74 Å². The van der Waals surface area contributed by atoms with Gasteiger partial charge in [-0.15, -0.1) is 0 Å². The summed E-state index contributed by atoms with van der Waals surface area (Å²) in [5.74, 6) is 3.84. The van der Waals surface area contributed by atoms with E-state index in [1.165, 1.54) is 32.1 Å². The van der Waals surface area contributed by atoms with Gasteiger partial charge in [-0.1, -0.05) is 0 Å². The van der Waals surface area contributed by atoms with Crippen molar-refractivity contribution in [2.75, 3.05) is 6.61 Å². The predicted molar refractivity (Wildman–Crippen MR) is 60.4 cm³/mol. The molecule has 1 unspecified atom stereocenters. The Morgan fingerprint density at radius 1 is 1.07 bits per heavy atom. The molecule has 4 aliphatic carbocycles. The maximum absolute atomic E-state index is 6.06. The fraction of sp³-hybridized carbons (Fsp3) is 1.00. The highest BCUT2D eigenvalue weighted by atomic mass is 16.5. The number of hydrogen-bond donors (Lipinski definition) is 1.